The minimum Gasteiger partial charge on any atom is -0.384 e. The molecule has 1 atom stereocenters. The van der Waals surface area contributed by atoms with Crippen LogP contribution in [0.25, 0.3) is 11.3 Å². The van der Waals surface area contributed by atoms with Crippen LogP contribution < -0.4 is 0 Å². The van der Waals surface area contributed by atoms with Gasteiger partial charge >= 0.3 is 0 Å². The summed E-state index contributed by atoms with van der Waals surface area (Å²) in [5.41, 5.74) is 2.41. The van der Waals surface area contributed by atoms with E-state index in [-0.39, 0.29) is 5.91 Å². The van der Waals surface area contributed by atoms with Gasteiger partial charge in [-0.2, -0.15) is 0 Å². The minimum atomic E-state index is 0.0519. The van der Waals surface area contributed by atoms with Crippen molar-refractivity contribution in [1.29, 1.82) is 0 Å². The van der Waals surface area contributed by atoms with Crippen LogP contribution in [0.1, 0.15) is 23.2 Å². The summed E-state index contributed by atoms with van der Waals surface area (Å²) in [6.45, 7) is 2.28. The lowest BCUT2D eigenvalue weighted by atomic mass is 9.98. The van der Waals surface area contributed by atoms with Crippen molar-refractivity contribution in [2.75, 3.05) is 26.8 Å². The highest BCUT2D eigenvalue weighted by Gasteiger charge is 2.24. The highest BCUT2D eigenvalue weighted by molar-refractivity contribution is 5.94. The van der Waals surface area contributed by atoms with E-state index in [4.69, 9.17) is 4.74 Å². The van der Waals surface area contributed by atoms with Crippen molar-refractivity contribution in [3.05, 3.63) is 48.4 Å². The maximum atomic E-state index is 12.6. The van der Waals surface area contributed by atoms with Gasteiger partial charge in [-0.3, -0.25) is 14.8 Å². The van der Waals surface area contributed by atoms with E-state index < -0.39 is 0 Å². The van der Waals surface area contributed by atoms with E-state index in [1.807, 2.05) is 29.2 Å². The Bertz CT molecular complexity index is 641. The van der Waals surface area contributed by atoms with Crippen LogP contribution in [0.15, 0.2) is 42.9 Å². The predicted molar refractivity (Wildman–Crippen MR) is 88.0 cm³/mol. The third-order valence-electron chi connectivity index (χ3n) is 4.18. The fraction of sp³-hybridized carbons (Fsp3) is 0.389. The van der Waals surface area contributed by atoms with Crippen molar-refractivity contribution in [1.82, 2.24) is 14.9 Å². The molecule has 3 rings (SSSR count). The number of piperidine rings is 1. The second-order valence-electron chi connectivity index (χ2n) is 5.89. The topological polar surface area (TPSA) is 55.3 Å². The normalized spacial score (nSPS) is 18.0. The Hall–Kier alpha value is -2.27. The first-order valence-corrected chi connectivity index (χ1v) is 7.92. The number of methoxy groups -OCH3 is 1. The van der Waals surface area contributed by atoms with Gasteiger partial charge in [0.2, 0.25) is 0 Å². The number of ether oxygens (including phenoxy) is 1. The first-order valence-electron chi connectivity index (χ1n) is 7.92. The van der Waals surface area contributed by atoms with Crippen molar-refractivity contribution in [2.45, 2.75) is 12.8 Å². The molecular weight excluding hydrogens is 290 g/mol. The van der Waals surface area contributed by atoms with Crippen LogP contribution in [0.3, 0.4) is 0 Å². The smallest absolute Gasteiger partial charge is 0.255 e. The van der Waals surface area contributed by atoms with Gasteiger partial charge in [0.1, 0.15) is 0 Å². The molecule has 5 nitrogen and oxygen atoms in total. The maximum Gasteiger partial charge on any atom is 0.255 e. The first-order chi connectivity index (χ1) is 11.3. The summed E-state index contributed by atoms with van der Waals surface area (Å²) < 4.78 is 5.22. The van der Waals surface area contributed by atoms with Gasteiger partial charge in [-0.05, 0) is 43.0 Å². The Balaban J connectivity index is 1.70. The second-order valence-corrected chi connectivity index (χ2v) is 5.89. The number of hydrogen-bond acceptors (Lipinski definition) is 4. The summed E-state index contributed by atoms with van der Waals surface area (Å²) in [5, 5.41) is 0. The average molecular weight is 311 g/mol. The van der Waals surface area contributed by atoms with Crippen molar-refractivity contribution < 1.29 is 9.53 Å². The zero-order valence-electron chi connectivity index (χ0n) is 13.3. The molecule has 0 radical (unpaired) electrons. The highest BCUT2D eigenvalue weighted by Crippen LogP contribution is 2.20. The van der Waals surface area contributed by atoms with Crippen LogP contribution in [0.2, 0.25) is 0 Å². The van der Waals surface area contributed by atoms with E-state index >= 15 is 0 Å². The molecule has 0 spiro atoms. The molecule has 0 bridgehead atoms. The summed E-state index contributed by atoms with van der Waals surface area (Å²) in [4.78, 5) is 23.0. The molecular formula is C18H21N3O2. The zero-order valence-corrected chi connectivity index (χ0v) is 13.3. The fourth-order valence-corrected chi connectivity index (χ4v) is 3.01. The molecule has 3 heterocycles. The summed E-state index contributed by atoms with van der Waals surface area (Å²) >= 11 is 0. The highest BCUT2D eigenvalue weighted by atomic mass is 16.5. The van der Waals surface area contributed by atoms with Gasteiger partial charge in [0.05, 0.1) is 17.9 Å². The number of carbonyl (C=O) groups is 1. The Kier molecular flexibility index (Phi) is 4.98. The molecule has 1 fully saturated rings. The summed E-state index contributed by atoms with van der Waals surface area (Å²) in [5.74, 6) is 0.483. The molecule has 2 aromatic rings. The van der Waals surface area contributed by atoms with E-state index in [2.05, 4.69) is 9.97 Å². The standard InChI is InChI=1S/C18H21N3O2/c1-23-13-14-4-3-9-21(12-14)18(22)16-6-7-17(20-11-16)15-5-2-8-19-10-15/h2,5-8,10-11,14H,3-4,9,12-13H2,1H3/t14-/m0/s1. The molecule has 23 heavy (non-hydrogen) atoms. The molecule has 5 heteroatoms. The number of pyridine rings is 2. The molecule has 1 aliphatic heterocycles. The van der Waals surface area contributed by atoms with E-state index in [1.165, 1.54) is 0 Å². The van der Waals surface area contributed by atoms with Gasteiger partial charge in [0.25, 0.3) is 5.91 Å². The van der Waals surface area contributed by atoms with E-state index in [1.54, 1.807) is 25.7 Å². The zero-order chi connectivity index (χ0) is 16.1. The van der Waals surface area contributed by atoms with Gasteiger partial charge in [-0.1, -0.05) is 0 Å². The van der Waals surface area contributed by atoms with Crippen molar-refractivity contribution in [2.24, 2.45) is 5.92 Å². The van der Waals surface area contributed by atoms with Crippen molar-refractivity contribution >= 4 is 5.91 Å². The van der Waals surface area contributed by atoms with Crippen molar-refractivity contribution in [3.63, 3.8) is 0 Å². The maximum absolute atomic E-state index is 12.6. The molecule has 0 unspecified atom stereocenters. The Morgan fingerprint density at radius 1 is 1.35 bits per heavy atom. The number of amides is 1. The number of nitrogens with zero attached hydrogens (tertiary/aromatic N) is 3. The summed E-state index contributed by atoms with van der Waals surface area (Å²) in [7, 11) is 1.71. The predicted octanol–water partition coefficient (Wildman–Crippen LogP) is 2.64. The average Bonchev–Trinajstić information content (AvgIpc) is 2.62. The number of likely N-dealkylation sites (tertiary alicyclic amines) is 1. The molecule has 1 aliphatic rings. The number of aromatic nitrogens is 2. The van der Waals surface area contributed by atoms with E-state index in [0.717, 1.165) is 37.2 Å². The van der Waals surface area contributed by atoms with Gasteiger partial charge in [-0.15, -0.1) is 0 Å². The quantitative estimate of drug-likeness (QED) is 0.871. The second kappa shape index (κ2) is 7.33. The Morgan fingerprint density at radius 2 is 2.26 bits per heavy atom. The van der Waals surface area contributed by atoms with E-state index in [0.29, 0.717) is 18.1 Å². The SMILES string of the molecule is COC[C@H]1CCCN(C(=O)c2ccc(-c3cccnc3)nc2)C1. The monoisotopic (exact) mass is 311 g/mol. The summed E-state index contributed by atoms with van der Waals surface area (Å²) in [6.07, 6.45) is 7.30. The molecule has 2 aromatic heterocycles. The molecule has 1 amide bonds. The largest absolute Gasteiger partial charge is 0.384 e. The Morgan fingerprint density at radius 3 is 2.96 bits per heavy atom. The Labute approximate surface area is 136 Å². The molecule has 0 aliphatic carbocycles. The molecule has 0 saturated carbocycles. The third kappa shape index (κ3) is 3.74. The third-order valence-corrected chi connectivity index (χ3v) is 4.18. The number of hydrogen-bond donors (Lipinski definition) is 0. The minimum absolute atomic E-state index is 0.0519. The molecule has 0 N–H and O–H groups in total. The lowest BCUT2D eigenvalue weighted by Gasteiger charge is -2.32. The van der Waals surface area contributed by atoms with Crippen LogP contribution in [0.4, 0.5) is 0 Å². The number of rotatable bonds is 4. The first kappa shape index (κ1) is 15.6. The van der Waals surface area contributed by atoms with E-state index in [9.17, 15) is 4.79 Å². The molecule has 0 aromatic carbocycles. The van der Waals surface area contributed by atoms with Crippen LogP contribution in [-0.4, -0.2) is 47.6 Å². The lowest BCUT2D eigenvalue weighted by Crippen LogP contribution is -2.41. The molecule has 120 valence electrons. The van der Waals surface area contributed by atoms with Crippen molar-refractivity contribution in [3.8, 4) is 11.3 Å². The van der Waals surface area contributed by atoms with Gasteiger partial charge in [0, 0.05) is 44.4 Å². The van der Waals surface area contributed by atoms with Gasteiger partial charge in [0.15, 0.2) is 0 Å². The fourth-order valence-electron chi connectivity index (χ4n) is 3.01. The van der Waals surface area contributed by atoms with Crippen LogP contribution in [-0.2, 0) is 4.74 Å². The van der Waals surface area contributed by atoms with Gasteiger partial charge < -0.3 is 9.64 Å². The van der Waals surface area contributed by atoms with Crippen LogP contribution in [0.5, 0.6) is 0 Å². The van der Waals surface area contributed by atoms with Crippen LogP contribution in [0, 0.1) is 5.92 Å². The lowest BCUT2D eigenvalue weighted by molar-refractivity contribution is 0.0570. The van der Waals surface area contributed by atoms with Gasteiger partial charge in [-0.25, -0.2) is 0 Å². The molecule has 1 saturated heterocycles. The summed E-state index contributed by atoms with van der Waals surface area (Å²) in [6, 6.07) is 7.55. The number of carbonyl (C=O) groups excluding carboxylic acids is 1. The van der Waals surface area contributed by atoms with Crippen LogP contribution >= 0.6 is 0 Å².